The van der Waals surface area contributed by atoms with Crippen molar-refractivity contribution in [3.63, 3.8) is 0 Å². The molecule has 1 saturated heterocycles. The van der Waals surface area contributed by atoms with Crippen LogP contribution in [0.2, 0.25) is 0 Å². The van der Waals surface area contributed by atoms with Crippen LogP contribution in [0.3, 0.4) is 0 Å². The molecule has 21 heavy (non-hydrogen) atoms. The number of carbonyl (C=O) groups excluding carboxylic acids is 1. The lowest BCUT2D eigenvalue weighted by molar-refractivity contribution is -0.125. The van der Waals surface area contributed by atoms with Gasteiger partial charge in [-0.15, -0.1) is 0 Å². The Bertz CT molecular complexity index is 624. The van der Waals surface area contributed by atoms with Crippen molar-refractivity contribution in [1.29, 1.82) is 0 Å². The Morgan fingerprint density at radius 1 is 1.10 bits per heavy atom. The summed E-state index contributed by atoms with van der Waals surface area (Å²) in [6, 6.07) is 18.6. The molecule has 1 amide bonds. The topological polar surface area (TPSA) is 41.1 Å². The minimum atomic E-state index is -0.175. The van der Waals surface area contributed by atoms with Gasteiger partial charge in [0, 0.05) is 6.54 Å². The average molecular weight is 280 g/mol. The molecule has 0 bridgehead atoms. The van der Waals surface area contributed by atoms with Crippen molar-refractivity contribution < 1.29 is 4.79 Å². The number of rotatable bonds is 3. The Morgan fingerprint density at radius 2 is 1.90 bits per heavy atom. The van der Waals surface area contributed by atoms with Crippen LogP contribution >= 0.6 is 0 Å². The summed E-state index contributed by atoms with van der Waals surface area (Å²) in [4.78, 5) is 12.1. The standard InChI is InChI=1S/C18H20N2O/c1-13-6-5-7-14(10-13)11-16-18(21)19-12-17(20-16)15-8-3-2-4-9-15/h2-10,16-17,20H,11-12H2,1H3,(H,19,21). The Morgan fingerprint density at radius 3 is 2.67 bits per heavy atom. The third-order valence-corrected chi connectivity index (χ3v) is 3.92. The van der Waals surface area contributed by atoms with Crippen LogP contribution in [0.5, 0.6) is 0 Å². The molecule has 2 aromatic rings. The van der Waals surface area contributed by atoms with Crippen LogP contribution in [0, 0.1) is 6.92 Å². The van der Waals surface area contributed by atoms with Gasteiger partial charge in [0.1, 0.15) is 0 Å². The summed E-state index contributed by atoms with van der Waals surface area (Å²) in [6.07, 6.45) is 0.719. The third kappa shape index (κ3) is 3.31. The second-order valence-electron chi connectivity index (χ2n) is 5.62. The molecule has 3 heteroatoms. The van der Waals surface area contributed by atoms with Crippen LogP contribution in [0.1, 0.15) is 22.7 Å². The van der Waals surface area contributed by atoms with Crippen LogP contribution in [0.25, 0.3) is 0 Å². The Balaban J connectivity index is 1.73. The van der Waals surface area contributed by atoms with Gasteiger partial charge in [0.2, 0.25) is 5.91 Å². The number of benzene rings is 2. The van der Waals surface area contributed by atoms with E-state index in [9.17, 15) is 4.79 Å². The average Bonchev–Trinajstić information content (AvgIpc) is 2.50. The predicted molar refractivity (Wildman–Crippen MR) is 84.0 cm³/mol. The Labute approximate surface area is 125 Å². The molecule has 1 aliphatic rings. The zero-order chi connectivity index (χ0) is 14.7. The summed E-state index contributed by atoms with van der Waals surface area (Å²) >= 11 is 0. The molecule has 108 valence electrons. The van der Waals surface area contributed by atoms with E-state index in [1.807, 2.05) is 24.3 Å². The molecule has 2 aromatic carbocycles. The predicted octanol–water partition coefficient (Wildman–Crippen LogP) is 2.37. The van der Waals surface area contributed by atoms with Crippen molar-refractivity contribution in [3.8, 4) is 0 Å². The van der Waals surface area contributed by atoms with E-state index >= 15 is 0 Å². The normalized spacial score (nSPS) is 21.9. The fourth-order valence-electron chi connectivity index (χ4n) is 2.83. The maximum Gasteiger partial charge on any atom is 0.237 e. The lowest BCUT2D eigenvalue weighted by atomic mass is 9.98. The molecule has 3 rings (SSSR count). The van der Waals surface area contributed by atoms with E-state index in [0.29, 0.717) is 6.54 Å². The first-order chi connectivity index (χ1) is 10.2. The summed E-state index contributed by atoms with van der Waals surface area (Å²) < 4.78 is 0. The van der Waals surface area contributed by atoms with E-state index in [2.05, 4.69) is 47.9 Å². The number of hydrogen-bond donors (Lipinski definition) is 2. The van der Waals surface area contributed by atoms with Gasteiger partial charge in [-0.25, -0.2) is 0 Å². The number of amides is 1. The van der Waals surface area contributed by atoms with E-state index in [1.54, 1.807) is 0 Å². The SMILES string of the molecule is Cc1cccc(CC2NC(c3ccccc3)CNC2=O)c1. The van der Waals surface area contributed by atoms with Gasteiger partial charge >= 0.3 is 0 Å². The lowest BCUT2D eigenvalue weighted by Crippen LogP contribution is -2.55. The number of piperazine rings is 1. The molecule has 0 aromatic heterocycles. The fourth-order valence-corrected chi connectivity index (χ4v) is 2.83. The van der Waals surface area contributed by atoms with E-state index in [1.165, 1.54) is 16.7 Å². The summed E-state index contributed by atoms with van der Waals surface area (Å²) in [5.74, 6) is 0.0867. The molecular formula is C18H20N2O. The highest BCUT2D eigenvalue weighted by atomic mass is 16.2. The highest BCUT2D eigenvalue weighted by Crippen LogP contribution is 2.17. The smallest absolute Gasteiger partial charge is 0.237 e. The van der Waals surface area contributed by atoms with Gasteiger partial charge in [0.25, 0.3) is 0 Å². The summed E-state index contributed by atoms with van der Waals surface area (Å²) in [5, 5.41) is 6.49. The van der Waals surface area contributed by atoms with Crippen LogP contribution in [0.15, 0.2) is 54.6 Å². The summed E-state index contributed by atoms with van der Waals surface area (Å²) in [5.41, 5.74) is 3.63. The molecule has 2 unspecified atom stereocenters. The van der Waals surface area contributed by atoms with Crippen molar-refractivity contribution in [1.82, 2.24) is 10.6 Å². The maximum absolute atomic E-state index is 12.1. The first kappa shape index (κ1) is 13.8. The van der Waals surface area contributed by atoms with E-state index < -0.39 is 0 Å². The molecule has 0 aliphatic carbocycles. The fraction of sp³-hybridized carbons (Fsp3) is 0.278. The lowest BCUT2D eigenvalue weighted by Gasteiger charge is -2.31. The number of carbonyl (C=O) groups is 1. The van der Waals surface area contributed by atoms with Gasteiger partial charge in [0.15, 0.2) is 0 Å². The van der Waals surface area contributed by atoms with Gasteiger partial charge < -0.3 is 5.32 Å². The van der Waals surface area contributed by atoms with Crippen molar-refractivity contribution in [2.75, 3.05) is 6.54 Å². The second kappa shape index (κ2) is 6.10. The van der Waals surface area contributed by atoms with Gasteiger partial charge in [-0.1, -0.05) is 60.2 Å². The monoisotopic (exact) mass is 280 g/mol. The first-order valence-corrected chi connectivity index (χ1v) is 7.36. The van der Waals surface area contributed by atoms with E-state index in [-0.39, 0.29) is 18.0 Å². The Hall–Kier alpha value is -2.13. The van der Waals surface area contributed by atoms with Crippen molar-refractivity contribution in [2.24, 2.45) is 0 Å². The molecule has 2 atom stereocenters. The molecule has 3 nitrogen and oxygen atoms in total. The van der Waals surface area contributed by atoms with Gasteiger partial charge in [-0.05, 0) is 24.5 Å². The second-order valence-corrected chi connectivity index (χ2v) is 5.62. The van der Waals surface area contributed by atoms with Crippen molar-refractivity contribution in [3.05, 3.63) is 71.3 Å². The quantitative estimate of drug-likeness (QED) is 0.906. The van der Waals surface area contributed by atoms with Crippen LogP contribution < -0.4 is 10.6 Å². The van der Waals surface area contributed by atoms with Crippen LogP contribution in [-0.2, 0) is 11.2 Å². The summed E-state index contributed by atoms with van der Waals surface area (Å²) in [6.45, 7) is 2.72. The molecule has 1 aliphatic heterocycles. The number of aryl methyl sites for hydroxylation is 1. The van der Waals surface area contributed by atoms with Crippen molar-refractivity contribution in [2.45, 2.75) is 25.4 Å². The van der Waals surface area contributed by atoms with Gasteiger partial charge in [-0.2, -0.15) is 0 Å². The first-order valence-electron chi connectivity index (χ1n) is 7.36. The van der Waals surface area contributed by atoms with Crippen molar-refractivity contribution >= 4 is 5.91 Å². The van der Waals surface area contributed by atoms with E-state index in [4.69, 9.17) is 0 Å². The van der Waals surface area contributed by atoms with E-state index in [0.717, 1.165) is 6.42 Å². The molecule has 1 heterocycles. The largest absolute Gasteiger partial charge is 0.353 e. The zero-order valence-corrected chi connectivity index (χ0v) is 12.2. The molecule has 0 saturated carbocycles. The maximum atomic E-state index is 12.1. The molecule has 2 N–H and O–H groups in total. The minimum Gasteiger partial charge on any atom is -0.353 e. The molecule has 1 fully saturated rings. The van der Waals surface area contributed by atoms with Gasteiger partial charge in [0.05, 0.1) is 12.1 Å². The van der Waals surface area contributed by atoms with Crippen LogP contribution in [-0.4, -0.2) is 18.5 Å². The number of hydrogen-bond acceptors (Lipinski definition) is 2. The van der Waals surface area contributed by atoms with Crippen LogP contribution in [0.4, 0.5) is 0 Å². The Kier molecular flexibility index (Phi) is 4.02. The molecule has 0 spiro atoms. The highest BCUT2D eigenvalue weighted by molar-refractivity contribution is 5.83. The molecular weight excluding hydrogens is 260 g/mol. The number of nitrogens with one attached hydrogen (secondary N) is 2. The minimum absolute atomic E-state index is 0.0867. The third-order valence-electron chi connectivity index (χ3n) is 3.92. The zero-order valence-electron chi connectivity index (χ0n) is 12.2. The molecule has 0 radical (unpaired) electrons. The summed E-state index contributed by atoms with van der Waals surface area (Å²) in [7, 11) is 0. The highest BCUT2D eigenvalue weighted by Gasteiger charge is 2.28. The van der Waals surface area contributed by atoms with Gasteiger partial charge in [-0.3, -0.25) is 10.1 Å².